The molecule has 0 aliphatic carbocycles. The van der Waals surface area contributed by atoms with Crippen LogP contribution in [0, 0.1) is 6.92 Å². The van der Waals surface area contributed by atoms with Crippen molar-refractivity contribution in [1.29, 1.82) is 0 Å². The summed E-state index contributed by atoms with van der Waals surface area (Å²) < 4.78 is 10.7. The number of nitrogens with zero attached hydrogens (tertiary/aromatic N) is 2. The van der Waals surface area contributed by atoms with Gasteiger partial charge in [-0.15, -0.1) is 11.3 Å². The van der Waals surface area contributed by atoms with E-state index in [1.165, 1.54) is 11.3 Å². The van der Waals surface area contributed by atoms with E-state index >= 15 is 0 Å². The average molecular weight is 368 g/mol. The summed E-state index contributed by atoms with van der Waals surface area (Å²) in [6.07, 6.45) is 0. The number of aryl methyl sites for hydroxylation is 1. The van der Waals surface area contributed by atoms with Crippen LogP contribution in [0.1, 0.15) is 10.4 Å². The molecule has 23 heavy (non-hydrogen) atoms. The molecule has 0 saturated carbocycles. The molecule has 0 unspecified atom stereocenters. The summed E-state index contributed by atoms with van der Waals surface area (Å²) in [7, 11) is 0. The van der Waals surface area contributed by atoms with Crippen molar-refractivity contribution in [3.05, 3.63) is 38.9 Å². The Kier molecular flexibility index (Phi) is 3.67. The quantitative estimate of drug-likeness (QED) is 0.682. The lowest BCUT2D eigenvalue weighted by atomic mass is 10.2. The Balaban J connectivity index is 1.65. The van der Waals surface area contributed by atoms with E-state index in [0.29, 0.717) is 17.4 Å². The van der Waals surface area contributed by atoms with Crippen LogP contribution in [0.15, 0.2) is 18.2 Å². The van der Waals surface area contributed by atoms with Gasteiger partial charge in [0.2, 0.25) is 12.1 Å². The molecule has 3 heterocycles. The molecule has 1 aromatic carbocycles. The van der Waals surface area contributed by atoms with Gasteiger partial charge >= 0.3 is 0 Å². The van der Waals surface area contributed by atoms with Crippen molar-refractivity contribution in [1.82, 2.24) is 9.97 Å². The molecule has 0 spiro atoms. The number of halogens is 2. The summed E-state index contributed by atoms with van der Waals surface area (Å²) in [6, 6.07) is 5.81. The minimum Gasteiger partial charge on any atom is -0.454 e. The van der Waals surface area contributed by atoms with Crippen molar-refractivity contribution < 1.29 is 9.47 Å². The number of anilines is 1. The average Bonchev–Trinajstić information content (AvgIpc) is 3.09. The monoisotopic (exact) mass is 367 g/mol. The summed E-state index contributed by atoms with van der Waals surface area (Å²) in [6.45, 7) is 2.77. The fourth-order valence-corrected chi connectivity index (χ4v) is 3.90. The molecule has 2 aromatic heterocycles. The van der Waals surface area contributed by atoms with E-state index in [2.05, 4.69) is 15.3 Å². The summed E-state index contributed by atoms with van der Waals surface area (Å²) in [5.41, 5.74) is 1.04. The van der Waals surface area contributed by atoms with Gasteiger partial charge in [0.25, 0.3) is 0 Å². The molecule has 8 heteroatoms. The van der Waals surface area contributed by atoms with E-state index in [9.17, 15) is 0 Å². The van der Waals surface area contributed by atoms with Gasteiger partial charge in [0.1, 0.15) is 10.6 Å². The molecule has 1 aliphatic heterocycles. The molecule has 0 fully saturated rings. The second kappa shape index (κ2) is 5.70. The predicted octanol–water partition coefficient (Wildman–Crippen LogP) is 4.65. The maximum atomic E-state index is 6.37. The third-order valence-electron chi connectivity index (χ3n) is 3.52. The second-order valence-corrected chi connectivity index (χ2v) is 6.95. The third-order valence-corrected chi connectivity index (χ3v) is 5.28. The van der Waals surface area contributed by atoms with E-state index in [1.54, 1.807) is 0 Å². The number of nitrogens with one attached hydrogen (secondary N) is 1. The van der Waals surface area contributed by atoms with Crippen LogP contribution in [0.2, 0.25) is 10.3 Å². The first kappa shape index (κ1) is 14.8. The van der Waals surface area contributed by atoms with Crippen LogP contribution in [-0.4, -0.2) is 16.8 Å². The predicted molar refractivity (Wildman–Crippen MR) is 92.1 cm³/mol. The van der Waals surface area contributed by atoms with Crippen LogP contribution < -0.4 is 14.8 Å². The second-order valence-electron chi connectivity index (χ2n) is 5.03. The lowest BCUT2D eigenvalue weighted by Crippen LogP contribution is -2.02. The summed E-state index contributed by atoms with van der Waals surface area (Å²) in [5.74, 6) is 2.14. The fraction of sp³-hybridized carbons (Fsp3) is 0.200. The van der Waals surface area contributed by atoms with Crippen molar-refractivity contribution in [2.75, 3.05) is 12.1 Å². The lowest BCUT2D eigenvalue weighted by molar-refractivity contribution is 0.174. The maximum Gasteiger partial charge on any atom is 0.231 e. The summed E-state index contributed by atoms with van der Waals surface area (Å²) >= 11 is 13.9. The Morgan fingerprint density at radius 1 is 1.22 bits per heavy atom. The topological polar surface area (TPSA) is 56.3 Å². The Hall–Kier alpha value is -1.76. The first-order valence-corrected chi connectivity index (χ1v) is 8.43. The summed E-state index contributed by atoms with van der Waals surface area (Å²) in [5, 5.41) is 4.95. The van der Waals surface area contributed by atoms with E-state index < -0.39 is 0 Å². The molecule has 0 saturated heterocycles. The van der Waals surface area contributed by atoms with Crippen molar-refractivity contribution in [3.63, 3.8) is 0 Å². The molecule has 4 rings (SSSR count). The van der Waals surface area contributed by atoms with Crippen molar-refractivity contribution in [2.24, 2.45) is 0 Å². The van der Waals surface area contributed by atoms with Crippen molar-refractivity contribution in [3.8, 4) is 11.5 Å². The Morgan fingerprint density at radius 3 is 2.91 bits per heavy atom. The minimum absolute atomic E-state index is 0.198. The van der Waals surface area contributed by atoms with Crippen LogP contribution in [-0.2, 0) is 6.54 Å². The van der Waals surface area contributed by atoms with Gasteiger partial charge in [0.15, 0.2) is 11.5 Å². The van der Waals surface area contributed by atoms with E-state index in [4.69, 9.17) is 32.7 Å². The molecule has 3 aromatic rings. The van der Waals surface area contributed by atoms with Crippen molar-refractivity contribution >= 4 is 50.6 Å². The third kappa shape index (κ3) is 2.67. The van der Waals surface area contributed by atoms with E-state index in [1.807, 2.05) is 25.1 Å². The van der Waals surface area contributed by atoms with Gasteiger partial charge in [-0.1, -0.05) is 17.7 Å². The van der Waals surface area contributed by atoms with Crippen LogP contribution in [0.5, 0.6) is 11.5 Å². The van der Waals surface area contributed by atoms with Gasteiger partial charge in [-0.2, -0.15) is 0 Å². The molecular weight excluding hydrogens is 357 g/mol. The van der Waals surface area contributed by atoms with Crippen LogP contribution >= 0.6 is 34.5 Å². The number of thiophene rings is 1. The van der Waals surface area contributed by atoms with Gasteiger partial charge in [-0.3, -0.25) is 0 Å². The maximum absolute atomic E-state index is 6.37. The molecule has 0 radical (unpaired) electrons. The Labute approximate surface area is 146 Å². The fourth-order valence-electron chi connectivity index (χ4n) is 2.42. The summed E-state index contributed by atoms with van der Waals surface area (Å²) in [4.78, 5) is 10.3. The molecule has 5 nitrogen and oxygen atoms in total. The van der Waals surface area contributed by atoms with E-state index in [-0.39, 0.29) is 12.1 Å². The standard InChI is InChI=1S/C15H11Cl2N3O2S/c1-7-12(16)11-13(19-15(17)20-14(11)23-7)18-5-8-2-3-9-10(4-8)22-6-21-9/h2-4H,5-6H2,1H3,(H,18,19,20). The van der Waals surface area contributed by atoms with Gasteiger partial charge in [-0.05, 0) is 36.2 Å². The van der Waals surface area contributed by atoms with Gasteiger partial charge in [-0.25, -0.2) is 9.97 Å². The van der Waals surface area contributed by atoms with Crippen molar-refractivity contribution in [2.45, 2.75) is 13.5 Å². The highest BCUT2D eigenvalue weighted by Gasteiger charge is 2.16. The van der Waals surface area contributed by atoms with Crippen LogP contribution in [0.3, 0.4) is 0 Å². The molecule has 0 amide bonds. The number of ether oxygens (including phenoxy) is 2. The highest BCUT2D eigenvalue weighted by atomic mass is 35.5. The van der Waals surface area contributed by atoms with Gasteiger partial charge in [0.05, 0.1) is 10.4 Å². The molecule has 1 N–H and O–H groups in total. The number of fused-ring (bicyclic) bond motifs is 2. The number of hydrogen-bond acceptors (Lipinski definition) is 6. The smallest absolute Gasteiger partial charge is 0.231 e. The Morgan fingerprint density at radius 2 is 2.04 bits per heavy atom. The number of aromatic nitrogens is 2. The molecular formula is C15H11Cl2N3O2S. The van der Waals surface area contributed by atoms with Crippen LogP contribution in [0.4, 0.5) is 5.82 Å². The highest BCUT2D eigenvalue weighted by molar-refractivity contribution is 7.19. The molecule has 1 aliphatic rings. The zero-order valence-electron chi connectivity index (χ0n) is 12.0. The number of rotatable bonds is 3. The van der Waals surface area contributed by atoms with Gasteiger partial charge in [0, 0.05) is 11.4 Å². The van der Waals surface area contributed by atoms with Crippen LogP contribution in [0.25, 0.3) is 10.2 Å². The zero-order valence-corrected chi connectivity index (χ0v) is 14.3. The van der Waals surface area contributed by atoms with Gasteiger partial charge < -0.3 is 14.8 Å². The SMILES string of the molecule is Cc1sc2nc(Cl)nc(NCc3ccc4c(c3)OCO4)c2c1Cl. The molecule has 118 valence electrons. The number of hydrogen-bond donors (Lipinski definition) is 1. The minimum atomic E-state index is 0.198. The highest BCUT2D eigenvalue weighted by Crippen LogP contribution is 2.38. The lowest BCUT2D eigenvalue weighted by Gasteiger charge is -2.08. The Bertz CT molecular complexity index is 913. The number of benzene rings is 1. The molecule has 0 atom stereocenters. The normalized spacial score (nSPS) is 12.8. The largest absolute Gasteiger partial charge is 0.454 e. The zero-order chi connectivity index (χ0) is 16.0. The van der Waals surface area contributed by atoms with E-state index in [0.717, 1.165) is 32.2 Å². The molecule has 0 bridgehead atoms. The first-order valence-electron chi connectivity index (χ1n) is 6.86. The first-order chi connectivity index (χ1) is 11.1.